The quantitative estimate of drug-likeness (QED) is 0.407. The van der Waals surface area contributed by atoms with Crippen LogP contribution in [0.4, 0.5) is 0 Å². The molecule has 0 fully saturated rings. The van der Waals surface area contributed by atoms with Gasteiger partial charge in [0.1, 0.15) is 5.75 Å². The maximum absolute atomic E-state index is 13.3. The Morgan fingerprint density at radius 2 is 1.59 bits per heavy atom. The number of carbonyl (C=O) groups excluding carboxylic acids is 1. The highest BCUT2D eigenvalue weighted by molar-refractivity contribution is 9.10. The molecule has 0 bridgehead atoms. The summed E-state index contributed by atoms with van der Waals surface area (Å²) in [6.07, 6.45) is -0.0596. The molecule has 3 aromatic carbocycles. The first-order valence-corrected chi connectivity index (χ1v) is 10.9. The smallest absolute Gasteiger partial charge is 0.251 e. The van der Waals surface area contributed by atoms with Crippen LogP contribution in [0.5, 0.6) is 5.75 Å². The molecule has 0 aliphatic carbocycles. The number of ketones is 1. The molecule has 2 aliphatic heterocycles. The van der Waals surface area contributed by atoms with Crippen LogP contribution in [0.3, 0.4) is 0 Å². The van der Waals surface area contributed by atoms with Gasteiger partial charge in [-0.25, -0.2) is 5.01 Å². The predicted molar refractivity (Wildman–Crippen MR) is 119 cm³/mol. The molecular weight excluding hydrogens is 496 g/mol. The van der Waals surface area contributed by atoms with Crippen molar-refractivity contribution in [1.29, 1.82) is 0 Å². The molecule has 2 atom stereocenters. The Morgan fingerprint density at radius 1 is 0.931 bits per heavy atom. The van der Waals surface area contributed by atoms with Crippen molar-refractivity contribution in [3.63, 3.8) is 0 Å². The topological polar surface area (TPSA) is 41.9 Å². The van der Waals surface area contributed by atoms with Crippen molar-refractivity contribution in [3.8, 4) is 5.75 Å². The molecule has 0 unspecified atom stereocenters. The largest absolute Gasteiger partial charge is 0.461 e. The average Bonchev–Trinajstić information content (AvgIpc) is 3.19. The van der Waals surface area contributed by atoms with Gasteiger partial charge in [-0.3, -0.25) is 4.79 Å². The summed E-state index contributed by atoms with van der Waals surface area (Å²) in [4.78, 5) is 13.3. The van der Waals surface area contributed by atoms with Crippen LogP contribution in [0.25, 0.3) is 0 Å². The van der Waals surface area contributed by atoms with E-state index in [4.69, 9.17) is 9.84 Å². The van der Waals surface area contributed by atoms with Gasteiger partial charge in [0.15, 0.2) is 0 Å². The number of rotatable bonds is 3. The molecule has 0 saturated carbocycles. The van der Waals surface area contributed by atoms with Crippen molar-refractivity contribution in [2.24, 2.45) is 5.10 Å². The molecule has 144 valence electrons. The summed E-state index contributed by atoms with van der Waals surface area (Å²) >= 11 is 6.90. The third kappa shape index (κ3) is 3.40. The van der Waals surface area contributed by atoms with Gasteiger partial charge in [-0.15, -0.1) is 0 Å². The fourth-order valence-corrected chi connectivity index (χ4v) is 4.31. The highest BCUT2D eigenvalue weighted by atomic mass is 79.9. The molecule has 0 spiro atoms. The molecule has 0 aromatic heterocycles. The van der Waals surface area contributed by atoms with Crippen LogP contribution < -0.4 is 4.74 Å². The number of ether oxygens (including phenoxy) is 1. The number of Topliss-reactive ketones (excluding diaryl/α,β-unsaturated/α-hetero) is 1. The first-order valence-electron chi connectivity index (χ1n) is 9.27. The van der Waals surface area contributed by atoms with Crippen LogP contribution >= 0.6 is 31.9 Å². The summed E-state index contributed by atoms with van der Waals surface area (Å²) in [5.74, 6) is 0.647. The lowest BCUT2D eigenvalue weighted by molar-refractivity contribution is -0.00455. The van der Waals surface area contributed by atoms with Crippen LogP contribution in [-0.4, -0.2) is 22.7 Å². The van der Waals surface area contributed by atoms with Crippen LogP contribution in [0.15, 0.2) is 86.8 Å². The minimum atomic E-state index is -0.788. The van der Waals surface area contributed by atoms with Gasteiger partial charge in [-0.1, -0.05) is 74.3 Å². The Labute approximate surface area is 185 Å². The number of hydrogen-bond acceptors (Lipinski definition) is 4. The van der Waals surface area contributed by atoms with Crippen LogP contribution in [0.2, 0.25) is 0 Å². The fourth-order valence-electron chi connectivity index (χ4n) is 3.78. The minimum Gasteiger partial charge on any atom is -0.461 e. The van der Waals surface area contributed by atoms with Crippen LogP contribution in [-0.2, 0) is 0 Å². The highest BCUT2D eigenvalue weighted by Crippen LogP contribution is 2.43. The van der Waals surface area contributed by atoms with E-state index in [1.54, 1.807) is 12.1 Å². The molecule has 0 amide bonds. The first-order chi connectivity index (χ1) is 14.1. The number of nitrogens with zero attached hydrogens (tertiary/aromatic N) is 2. The summed E-state index contributed by atoms with van der Waals surface area (Å²) in [6.45, 7) is 0. The summed E-state index contributed by atoms with van der Waals surface area (Å²) in [6, 6.07) is 23.3. The van der Waals surface area contributed by atoms with E-state index < -0.39 is 6.23 Å². The average molecular weight is 512 g/mol. The molecule has 2 aliphatic rings. The van der Waals surface area contributed by atoms with Crippen molar-refractivity contribution < 1.29 is 9.53 Å². The normalized spacial score (nSPS) is 19.8. The van der Waals surface area contributed by atoms with E-state index in [0.717, 1.165) is 38.0 Å². The van der Waals surface area contributed by atoms with Gasteiger partial charge in [-0.2, -0.15) is 5.10 Å². The summed E-state index contributed by atoms with van der Waals surface area (Å²) in [5, 5.41) is 6.66. The van der Waals surface area contributed by atoms with Crippen molar-refractivity contribution in [1.82, 2.24) is 5.01 Å². The van der Waals surface area contributed by atoms with Crippen molar-refractivity contribution in [2.45, 2.75) is 18.7 Å². The van der Waals surface area contributed by atoms with Gasteiger partial charge in [0.25, 0.3) is 6.23 Å². The fraction of sp³-hybridized carbons (Fsp3) is 0.130. The molecule has 0 N–H and O–H groups in total. The Balaban J connectivity index is 1.55. The van der Waals surface area contributed by atoms with E-state index in [-0.39, 0.29) is 11.8 Å². The zero-order valence-corrected chi connectivity index (χ0v) is 18.4. The number of para-hydroxylation sites is 1. The number of hydrogen-bond donors (Lipinski definition) is 0. The minimum absolute atomic E-state index is 0.0250. The van der Waals surface area contributed by atoms with Crippen molar-refractivity contribution in [2.75, 3.05) is 0 Å². The van der Waals surface area contributed by atoms with Gasteiger partial charge >= 0.3 is 0 Å². The monoisotopic (exact) mass is 510 g/mol. The molecule has 6 heteroatoms. The highest BCUT2D eigenvalue weighted by Gasteiger charge is 2.43. The summed E-state index contributed by atoms with van der Waals surface area (Å²) in [5.41, 5.74) is 3.66. The zero-order chi connectivity index (χ0) is 20.0. The van der Waals surface area contributed by atoms with Crippen LogP contribution in [0.1, 0.15) is 33.9 Å². The zero-order valence-electron chi connectivity index (χ0n) is 15.3. The molecule has 0 saturated heterocycles. The Bertz CT molecular complexity index is 1110. The Hall–Kier alpha value is -2.44. The molecule has 3 aromatic rings. The molecule has 4 nitrogen and oxygen atoms in total. The second kappa shape index (κ2) is 7.43. The number of fused-ring (bicyclic) bond motifs is 3. The van der Waals surface area contributed by atoms with Crippen molar-refractivity contribution >= 4 is 43.4 Å². The van der Waals surface area contributed by atoms with Gasteiger partial charge in [-0.05, 0) is 35.9 Å². The Kier molecular flexibility index (Phi) is 4.76. The molecule has 2 heterocycles. The molecular formula is C23H16Br2N2O2. The van der Waals surface area contributed by atoms with E-state index in [9.17, 15) is 4.79 Å². The third-order valence-electron chi connectivity index (χ3n) is 5.23. The SMILES string of the molecule is O=C(c1ccc(Br)cc1)[C@@H]1Oc2ccccc2[C@@H]2CC(c3ccc(Br)cc3)=NN12. The first kappa shape index (κ1) is 18.6. The van der Waals surface area contributed by atoms with Gasteiger partial charge in [0, 0.05) is 26.5 Å². The lowest BCUT2D eigenvalue weighted by Gasteiger charge is -2.37. The van der Waals surface area contributed by atoms with E-state index in [1.165, 1.54) is 0 Å². The second-order valence-corrected chi connectivity index (χ2v) is 8.86. The summed E-state index contributed by atoms with van der Waals surface area (Å²) < 4.78 is 8.10. The lowest BCUT2D eigenvalue weighted by Crippen LogP contribution is -2.45. The predicted octanol–water partition coefficient (Wildman–Crippen LogP) is 5.96. The van der Waals surface area contributed by atoms with Gasteiger partial charge < -0.3 is 4.74 Å². The molecule has 5 rings (SSSR count). The second-order valence-electron chi connectivity index (χ2n) is 7.03. The van der Waals surface area contributed by atoms with E-state index in [0.29, 0.717) is 5.56 Å². The number of carbonyl (C=O) groups is 1. The molecule has 0 radical (unpaired) electrons. The van der Waals surface area contributed by atoms with E-state index in [1.807, 2.05) is 65.7 Å². The maximum atomic E-state index is 13.3. The van der Waals surface area contributed by atoms with E-state index in [2.05, 4.69) is 31.9 Å². The van der Waals surface area contributed by atoms with Crippen LogP contribution in [0, 0.1) is 0 Å². The number of benzene rings is 3. The number of hydrazone groups is 1. The standard InChI is InChI=1S/C23H16Br2N2O2/c24-16-9-5-14(6-10-16)19-13-20-18-3-1-2-4-21(18)29-23(27(20)26-19)22(28)15-7-11-17(25)12-8-15/h1-12,20,23H,13H2/t20-,23-/m0/s1. The maximum Gasteiger partial charge on any atom is 0.251 e. The van der Waals surface area contributed by atoms with E-state index >= 15 is 0 Å². The summed E-state index contributed by atoms with van der Waals surface area (Å²) in [7, 11) is 0. The third-order valence-corrected chi connectivity index (χ3v) is 6.29. The van der Waals surface area contributed by atoms with Gasteiger partial charge in [0.2, 0.25) is 5.78 Å². The Morgan fingerprint density at radius 3 is 2.31 bits per heavy atom. The molecule has 29 heavy (non-hydrogen) atoms. The number of halogens is 2. The lowest BCUT2D eigenvalue weighted by atomic mass is 9.96. The van der Waals surface area contributed by atoms with Gasteiger partial charge in [0.05, 0.1) is 11.8 Å². The van der Waals surface area contributed by atoms with Crippen molar-refractivity contribution in [3.05, 3.63) is 98.4 Å².